The minimum Gasteiger partial charge on any atom is -0.494 e. The second-order valence-corrected chi connectivity index (χ2v) is 7.30. The molecule has 1 aliphatic rings. The normalized spacial score (nSPS) is 13.8. The van der Waals surface area contributed by atoms with E-state index < -0.39 is 0 Å². The molecule has 164 valence electrons. The molecular weight excluding hydrogens is 392 g/mol. The van der Waals surface area contributed by atoms with Gasteiger partial charge in [0.1, 0.15) is 11.4 Å². The van der Waals surface area contributed by atoms with Crippen molar-refractivity contribution in [2.45, 2.75) is 26.7 Å². The third-order valence-electron chi connectivity index (χ3n) is 5.11. The summed E-state index contributed by atoms with van der Waals surface area (Å²) in [6.07, 6.45) is 1.52. The van der Waals surface area contributed by atoms with Crippen molar-refractivity contribution < 1.29 is 19.1 Å². The van der Waals surface area contributed by atoms with Crippen LogP contribution in [0, 0.1) is 0 Å². The Hall–Kier alpha value is -3.12. The van der Waals surface area contributed by atoms with Gasteiger partial charge in [-0.25, -0.2) is 0 Å². The fourth-order valence-electron chi connectivity index (χ4n) is 3.53. The van der Waals surface area contributed by atoms with E-state index in [9.17, 15) is 9.59 Å². The van der Waals surface area contributed by atoms with Crippen molar-refractivity contribution in [3.05, 3.63) is 65.9 Å². The molecule has 0 saturated carbocycles. The van der Waals surface area contributed by atoms with Gasteiger partial charge in [0.15, 0.2) is 0 Å². The molecule has 2 amide bonds. The first kappa shape index (κ1) is 22.6. The molecule has 3 rings (SSSR count). The lowest BCUT2D eigenvalue weighted by atomic mass is 10.0. The summed E-state index contributed by atoms with van der Waals surface area (Å²) in [5.41, 5.74) is 2.34. The topological polar surface area (TPSA) is 59.1 Å². The molecule has 0 aromatic heterocycles. The van der Waals surface area contributed by atoms with Crippen LogP contribution in [0.1, 0.15) is 32.3 Å². The summed E-state index contributed by atoms with van der Waals surface area (Å²) < 4.78 is 11.0. The van der Waals surface area contributed by atoms with E-state index in [1.807, 2.05) is 75.5 Å². The van der Waals surface area contributed by atoms with E-state index in [1.54, 1.807) is 4.90 Å². The van der Waals surface area contributed by atoms with Gasteiger partial charge in [0.05, 0.1) is 12.2 Å². The Morgan fingerprint density at radius 1 is 0.903 bits per heavy atom. The number of anilines is 1. The molecule has 0 atom stereocenters. The lowest BCUT2D eigenvalue weighted by Gasteiger charge is -2.21. The maximum absolute atomic E-state index is 13.3. The van der Waals surface area contributed by atoms with Gasteiger partial charge in [-0.3, -0.25) is 14.5 Å². The molecule has 2 aromatic carbocycles. The molecule has 6 nitrogen and oxygen atoms in total. The number of benzene rings is 2. The summed E-state index contributed by atoms with van der Waals surface area (Å²) in [7, 11) is 1.82. The molecule has 0 bridgehead atoms. The highest BCUT2D eigenvalue weighted by atomic mass is 16.5. The van der Waals surface area contributed by atoms with Crippen LogP contribution < -0.4 is 9.64 Å². The number of likely N-dealkylation sites (N-methyl/N-ethyl adjacent to an activating group) is 1. The minimum absolute atomic E-state index is 0.276. The van der Waals surface area contributed by atoms with Crippen LogP contribution in [-0.2, 0) is 14.3 Å². The number of amides is 2. The summed E-state index contributed by atoms with van der Waals surface area (Å²) in [6, 6.07) is 16.9. The number of carbonyl (C=O) groups excluding carboxylic acids is 2. The molecule has 0 spiro atoms. The monoisotopic (exact) mass is 422 g/mol. The van der Waals surface area contributed by atoms with Crippen molar-refractivity contribution in [1.29, 1.82) is 0 Å². The van der Waals surface area contributed by atoms with E-state index in [2.05, 4.69) is 0 Å². The van der Waals surface area contributed by atoms with Crippen LogP contribution in [0.2, 0.25) is 0 Å². The van der Waals surface area contributed by atoms with Crippen molar-refractivity contribution in [2.24, 2.45) is 0 Å². The van der Waals surface area contributed by atoms with Gasteiger partial charge in [-0.2, -0.15) is 0 Å². The fraction of sp³-hybridized carbons (Fsp3) is 0.360. The van der Waals surface area contributed by atoms with E-state index >= 15 is 0 Å². The quantitative estimate of drug-likeness (QED) is 0.403. The van der Waals surface area contributed by atoms with Crippen LogP contribution in [0.15, 0.2) is 60.3 Å². The van der Waals surface area contributed by atoms with Crippen LogP contribution in [0.3, 0.4) is 0 Å². The average Bonchev–Trinajstić information content (AvgIpc) is 3.05. The van der Waals surface area contributed by atoms with E-state index in [4.69, 9.17) is 9.47 Å². The Labute approximate surface area is 184 Å². The molecule has 0 saturated heterocycles. The zero-order valence-corrected chi connectivity index (χ0v) is 18.5. The summed E-state index contributed by atoms with van der Waals surface area (Å²) in [4.78, 5) is 29.8. The van der Waals surface area contributed by atoms with Gasteiger partial charge < -0.3 is 14.4 Å². The zero-order chi connectivity index (χ0) is 22.2. The van der Waals surface area contributed by atoms with Crippen LogP contribution in [0.4, 0.5) is 5.69 Å². The van der Waals surface area contributed by atoms with Gasteiger partial charge in [0.25, 0.3) is 11.8 Å². The van der Waals surface area contributed by atoms with Crippen molar-refractivity contribution in [3.8, 4) is 5.75 Å². The Morgan fingerprint density at radius 2 is 1.61 bits per heavy atom. The Morgan fingerprint density at radius 3 is 2.26 bits per heavy atom. The fourth-order valence-corrected chi connectivity index (χ4v) is 3.53. The molecule has 1 heterocycles. The first-order chi connectivity index (χ1) is 15.1. The van der Waals surface area contributed by atoms with E-state index in [0.29, 0.717) is 49.6 Å². The van der Waals surface area contributed by atoms with Crippen LogP contribution >= 0.6 is 0 Å². The molecule has 31 heavy (non-hydrogen) atoms. The Bertz CT molecular complexity index is 922. The summed E-state index contributed by atoms with van der Waals surface area (Å²) in [6.45, 7) is 6.05. The molecule has 0 N–H and O–H groups in total. The van der Waals surface area contributed by atoms with Crippen LogP contribution in [0.5, 0.6) is 5.75 Å². The predicted octanol–water partition coefficient (Wildman–Crippen LogP) is 4.12. The van der Waals surface area contributed by atoms with Crippen molar-refractivity contribution >= 4 is 23.1 Å². The molecule has 1 aliphatic heterocycles. The van der Waals surface area contributed by atoms with Gasteiger partial charge in [0.2, 0.25) is 0 Å². The molecule has 0 radical (unpaired) electrons. The number of para-hydroxylation sites is 1. The summed E-state index contributed by atoms with van der Waals surface area (Å²) in [5.74, 6) is 0.185. The standard InChI is InChI=1S/C25H30N2O4/c1-4-17-31-21-14-12-19(13-15-21)22-23(26(3)20-10-7-6-8-11-20)25(29)27(24(22)28)16-9-18-30-5-2/h6-8,10-15H,4-5,9,16-18H2,1-3H3. The third-order valence-corrected chi connectivity index (χ3v) is 5.11. The van der Waals surface area contributed by atoms with Crippen LogP contribution in [0.25, 0.3) is 5.57 Å². The largest absolute Gasteiger partial charge is 0.494 e. The van der Waals surface area contributed by atoms with Gasteiger partial charge in [0, 0.05) is 32.5 Å². The first-order valence-electron chi connectivity index (χ1n) is 10.8. The summed E-state index contributed by atoms with van der Waals surface area (Å²) >= 11 is 0. The molecule has 0 unspecified atom stereocenters. The van der Waals surface area contributed by atoms with Gasteiger partial charge in [-0.1, -0.05) is 37.3 Å². The summed E-state index contributed by atoms with van der Waals surface area (Å²) in [5, 5.41) is 0. The first-order valence-corrected chi connectivity index (χ1v) is 10.8. The lowest BCUT2D eigenvalue weighted by molar-refractivity contribution is -0.137. The SMILES string of the molecule is CCCOc1ccc(C2=C(N(C)c3ccccc3)C(=O)N(CCCOCC)C2=O)cc1. The van der Waals surface area contributed by atoms with Crippen molar-refractivity contribution in [1.82, 2.24) is 4.90 Å². The number of ether oxygens (including phenoxy) is 2. The Kier molecular flexibility index (Phi) is 7.84. The van der Waals surface area contributed by atoms with Crippen LogP contribution in [-0.4, -0.2) is 50.1 Å². The second-order valence-electron chi connectivity index (χ2n) is 7.30. The smallest absolute Gasteiger partial charge is 0.278 e. The highest BCUT2D eigenvalue weighted by Crippen LogP contribution is 2.34. The lowest BCUT2D eigenvalue weighted by Crippen LogP contribution is -2.35. The predicted molar refractivity (Wildman–Crippen MR) is 122 cm³/mol. The van der Waals surface area contributed by atoms with Gasteiger partial charge >= 0.3 is 0 Å². The van der Waals surface area contributed by atoms with E-state index in [-0.39, 0.29) is 11.8 Å². The molecule has 0 aliphatic carbocycles. The van der Waals surface area contributed by atoms with Gasteiger partial charge in [-0.05, 0) is 49.6 Å². The zero-order valence-electron chi connectivity index (χ0n) is 18.5. The maximum atomic E-state index is 13.3. The number of carbonyl (C=O) groups is 2. The highest BCUT2D eigenvalue weighted by molar-refractivity contribution is 6.36. The number of hydrogen-bond acceptors (Lipinski definition) is 5. The van der Waals surface area contributed by atoms with E-state index in [0.717, 1.165) is 17.9 Å². The Balaban J connectivity index is 1.95. The highest BCUT2D eigenvalue weighted by Gasteiger charge is 2.40. The molecular formula is C25H30N2O4. The average molecular weight is 423 g/mol. The van der Waals surface area contributed by atoms with E-state index in [1.165, 1.54) is 4.90 Å². The number of nitrogens with zero attached hydrogens (tertiary/aromatic N) is 2. The molecule has 6 heteroatoms. The van der Waals surface area contributed by atoms with Gasteiger partial charge in [-0.15, -0.1) is 0 Å². The maximum Gasteiger partial charge on any atom is 0.278 e. The minimum atomic E-state index is -0.283. The third kappa shape index (κ3) is 5.14. The van der Waals surface area contributed by atoms with Crippen molar-refractivity contribution in [2.75, 3.05) is 38.3 Å². The number of hydrogen-bond donors (Lipinski definition) is 0. The van der Waals surface area contributed by atoms with Crippen molar-refractivity contribution in [3.63, 3.8) is 0 Å². The second kappa shape index (κ2) is 10.8. The molecule has 0 fully saturated rings. The molecule has 2 aromatic rings. The number of imide groups is 1. The number of rotatable bonds is 11.